The second-order valence-electron chi connectivity index (χ2n) is 15.3. The number of allylic oxidation sites excluding steroid dienone is 2. The highest BCUT2D eigenvalue weighted by molar-refractivity contribution is 5.90. The highest BCUT2D eigenvalue weighted by atomic mass is 16.5. The van der Waals surface area contributed by atoms with Crippen molar-refractivity contribution in [3.63, 3.8) is 0 Å². The third-order valence-corrected chi connectivity index (χ3v) is 10.5. The fourth-order valence-electron chi connectivity index (χ4n) is 7.51. The monoisotopic (exact) mass is 736 g/mol. The Morgan fingerprint density at radius 3 is 2.02 bits per heavy atom. The number of likely N-dealkylation sites (tertiary alicyclic amines) is 1. The molecule has 2 unspecified atom stereocenters. The molecule has 0 saturated carbocycles. The minimum atomic E-state index is -1.15. The minimum Gasteiger partial charge on any atom is -0.480 e. The van der Waals surface area contributed by atoms with E-state index < -0.39 is 60.2 Å². The fraction of sp³-hybridized carbons (Fsp3) is 0.769. The summed E-state index contributed by atoms with van der Waals surface area (Å²) in [5.41, 5.74) is 0.760. The topological polar surface area (TPSA) is 158 Å². The molecule has 0 spiro atoms. The molecule has 4 amide bonds. The molecule has 1 aliphatic heterocycles. The van der Waals surface area contributed by atoms with E-state index in [2.05, 4.69) is 17.2 Å². The maximum Gasteiger partial charge on any atom is 0.326 e. The summed E-state index contributed by atoms with van der Waals surface area (Å²) >= 11 is 0. The number of hydrogen-bond acceptors (Lipinski definition) is 8. The van der Waals surface area contributed by atoms with E-state index in [0.717, 1.165) is 12.0 Å². The predicted molar refractivity (Wildman–Crippen MR) is 203 cm³/mol. The van der Waals surface area contributed by atoms with E-state index in [0.29, 0.717) is 19.4 Å². The highest BCUT2D eigenvalue weighted by Crippen LogP contribution is 2.30. The molecule has 0 radical (unpaired) electrons. The number of carboxylic acids is 1. The van der Waals surface area contributed by atoms with Crippen molar-refractivity contribution in [3.05, 3.63) is 24.3 Å². The van der Waals surface area contributed by atoms with E-state index in [4.69, 9.17) is 9.47 Å². The van der Waals surface area contributed by atoms with Gasteiger partial charge in [0.1, 0.15) is 12.1 Å². The number of likely N-dealkylation sites (N-methyl/N-ethyl adjacent to an activating group) is 2. The lowest BCUT2D eigenvalue weighted by Gasteiger charge is -2.41. The van der Waals surface area contributed by atoms with Gasteiger partial charge in [-0.3, -0.25) is 24.1 Å². The lowest BCUT2D eigenvalue weighted by Crippen LogP contribution is -2.59. The molecule has 0 aliphatic carbocycles. The van der Waals surface area contributed by atoms with Gasteiger partial charge in [-0.15, -0.1) is 0 Å². The molecule has 13 nitrogen and oxygen atoms in total. The van der Waals surface area contributed by atoms with Gasteiger partial charge in [0.15, 0.2) is 0 Å². The van der Waals surface area contributed by atoms with Crippen LogP contribution in [0.25, 0.3) is 0 Å². The van der Waals surface area contributed by atoms with Crippen molar-refractivity contribution in [3.8, 4) is 0 Å². The third kappa shape index (κ3) is 12.7. The van der Waals surface area contributed by atoms with Crippen LogP contribution in [0.2, 0.25) is 0 Å². The first-order valence-electron chi connectivity index (χ1n) is 18.7. The number of nitrogens with one attached hydrogen (secondary N) is 2. The number of carboxylic acid groups (broad SMARTS) is 1. The summed E-state index contributed by atoms with van der Waals surface area (Å²) in [6.45, 7) is 19.3. The summed E-state index contributed by atoms with van der Waals surface area (Å²) in [5, 5.41) is 15.4. The second-order valence-corrected chi connectivity index (χ2v) is 15.3. The Labute approximate surface area is 312 Å². The van der Waals surface area contributed by atoms with Gasteiger partial charge < -0.3 is 35.0 Å². The summed E-state index contributed by atoms with van der Waals surface area (Å²) in [6, 6.07) is -3.21. The number of carbonyl (C=O) groups is 5. The van der Waals surface area contributed by atoms with Crippen LogP contribution in [-0.2, 0) is 33.4 Å². The molecular weight excluding hydrogens is 666 g/mol. The molecule has 9 atom stereocenters. The summed E-state index contributed by atoms with van der Waals surface area (Å²) in [7, 11) is 8.43. The van der Waals surface area contributed by atoms with Crippen LogP contribution in [0, 0.1) is 23.7 Å². The van der Waals surface area contributed by atoms with Crippen molar-refractivity contribution in [2.75, 3.05) is 41.9 Å². The van der Waals surface area contributed by atoms with E-state index in [1.165, 1.54) is 14.2 Å². The van der Waals surface area contributed by atoms with Crippen molar-refractivity contribution >= 4 is 29.6 Å². The number of nitrogens with zero attached hydrogens (tertiary/aromatic N) is 3. The molecule has 52 heavy (non-hydrogen) atoms. The van der Waals surface area contributed by atoms with E-state index in [1.54, 1.807) is 42.8 Å². The number of amides is 4. The Hall–Kier alpha value is -3.29. The van der Waals surface area contributed by atoms with Crippen molar-refractivity contribution in [1.29, 1.82) is 0 Å². The number of rotatable bonds is 22. The molecular formula is C39H69N5O8. The standard InChI is InChI=1S/C39H69N5O8/c1-15-18-25(7)21-28(39(49)50)40-36(46)27(9)35(52-14)29-19-17-20-44(29)31(45)22-30(51-13)34(26(8)16-2)43(12)38(48)32(23(3)4)41-37(47)33(24(5)6)42(10)11/h15,18,23-24,26-30,32-35H,1,16-17,19-22H2,2-14H3,(H,40,46)(H,41,47)(H,49,50)/b25-18+/t26?,27-,28?,29+,30-,32+,33+,34+,35-/m1/s1. The van der Waals surface area contributed by atoms with E-state index in [-0.39, 0.29) is 48.3 Å². The number of carbonyl (C=O) groups excluding carboxylic acids is 4. The van der Waals surface area contributed by atoms with Gasteiger partial charge in [0.2, 0.25) is 23.6 Å². The molecule has 1 aliphatic rings. The van der Waals surface area contributed by atoms with Crippen LogP contribution in [0.5, 0.6) is 0 Å². The van der Waals surface area contributed by atoms with Gasteiger partial charge in [-0.1, -0.05) is 79.2 Å². The summed E-state index contributed by atoms with van der Waals surface area (Å²) in [6.07, 6.45) is 4.07. The molecule has 1 fully saturated rings. The van der Waals surface area contributed by atoms with Crippen molar-refractivity contribution < 1.29 is 38.6 Å². The van der Waals surface area contributed by atoms with Gasteiger partial charge in [-0.25, -0.2) is 4.79 Å². The van der Waals surface area contributed by atoms with Crippen molar-refractivity contribution in [2.24, 2.45) is 23.7 Å². The summed E-state index contributed by atoms with van der Waals surface area (Å²) in [5.74, 6) is -3.24. The van der Waals surface area contributed by atoms with Gasteiger partial charge in [0.05, 0.1) is 42.7 Å². The van der Waals surface area contributed by atoms with Crippen molar-refractivity contribution in [1.82, 2.24) is 25.3 Å². The first-order chi connectivity index (χ1) is 24.3. The molecule has 0 aromatic heterocycles. The largest absolute Gasteiger partial charge is 0.480 e. The van der Waals surface area contributed by atoms with Crippen LogP contribution in [-0.4, -0.2) is 134 Å². The number of methoxy groups -OCH3 is 2. The first kappa shape index (κ1) is 46.7. The maximum absolute atomic E-state index is 14.2. The first-order valence-corrected chi connectivity index (χ1v) is 18.7. The average Bonchev–Trinajstić information content (AvgIpc) is 3.55. The second kappa shape index (κ2) is 22.0. The average molecular weight is 736 g/mol. The molecule has 1 heterocycles. The molecule has 0 bridgehead atoms. The van der Waals surface area contributed by atoms with Crippen LogP contribution >= 0.6 is 0 Å². The van der Waals surface area contributed by atoms with Crippen LogP contribution < -0.4 is 10.6 Å². The normalized spacial score (nSPS) is 19.7. The number of hydrogen-bond donors (Lipinski definition) is 3. The smallest absolute Gasteiger partial charge is 0.326 e. The van der Waals surface area contributed by atoms with E-state index >= 15 is 0 Å². The van der Waals surface area contributed by atoms with Crippen LogP contribution in [0.15, 0.2) is 24.3 Å². The Kier molecular flexibility index (Phi) is 19.8. The quantitative estimate of drug-likeness (QED) is 0.141. The van der Waals surface area contributed by atoms with Crippen LogP contribution in [0.4, 0.5) is 0 Å². The molecule has 298 valence electrons. The molecule has 0 aromatic rings. The van der Waals surface area contributed by atoms with Crippen molar-refractivity contribution in [2.45, 2.75) is 130 Å². The minimum absolute atomic E-state index is 0.0125. The molecule has 13 heteroatoms. The van der Waals surface area contributed by atoms with E-state index in [1.807, 2.05) is 60.5 Å². The van der Waals surface area contributed by atoms with Gasteiger partial charge in [-0.05, 0) is 58.0 Å². The van der Waals surface area contributed by atoms with Gasteiger partial charge in [0.25, 0.3) is 0 Å². The molecule has 1 rings (SSSR count). The Morgan fingerprint density at radius 1 is 0.942 bits per heavy atom. The molecule has 0 aromatic carbocycles. The Morgan fingerprint density at radius 2 is 1.56 bits per heavy atom. The van der Waals surface area contributed by atoms with Crippen LogP contribution in [0.1, 0.15) is 87.5 Å². The third-order valence-electron chi connectivity index (χ3n) is 10.5. The summed E-state index contributed by atoms with van der Waals surface area (Å²) < 4.78 is 11.8. The van der Waals surface area contributed by atoms with Gasteiger partial charge in [0, 0.05) is 27.8 Å². The van der Waals surface area contributed by atoms with Gasteiger partial charge >= 0.3 is 5.97 Å². The zero-order valence-corrected chi connectivity index (χ0v) is 34.1. The predicted octanol–water partition coefficient (Wildman–Crippen LogP) is 3.73. The maximum atomic E-state index is 14.2. The molecule has 3 N–H and O–H groups in total. The SMILES string of the molecule is C=C/C=C(\C)CC(NC(=O)[C@H](C)[C@@H](OC)[C@@H]1CCCN1C(=O)C[C@@H](OC)[C@H](C(C)CC)N(C)C(=O)[C@@H](NC(=O)[C@H](C(C)C)N(C)C)C(C)C)C(=O)O. The fourth-order valence-corrected chi connectivity index (χ4v) is 7.51. The zero-order valence-electron chi connectivity index (χ0n) is 34.1. The Balaban J connectivity index is 3.29. The number of ether oxygens (including phenoxy) is 2. The van der Waals surface area contributed by atoms with E-state index in [9.17, 15) is 29.1 Å². The zero-order chi connectivity index (χ0) is 40.0. The lowest BCUT2D eigenvalue weighted by molar-refractivity contribution is -0.148. The highest BCUT2D eigenvalue weighted by Gasteiger charge is 2.43. The van der Waals surface area contributed by atoms with Gasteiger partial charge in [-0.2, -0.15) is 0 Å². The summed E-state index contributed by atoms with van der Waals surface area (Å²) in [4.78, 5) is 72.3. The Bertz CT molecular complexity index is 1230. The molecule has 1 saturated heterocycles. The van der Waals surface area contributed by atoms with Crippen LogP contribution in [0.3, 0.4) is 0 Å². The number of aliphatic carboxylic acids is 1. The lowest BCUT2D eigenvalue weighted by atomic mass is 9.89.